The molecule has 0 aliphatic carbocycles. The maximum atomic E-state index is 12.8. The molecule has 1 aromatic heterocycles. The number of rotatable bonds is 8. The van der Waals surface area contributed by atoms with Gasteiger partial charge in [-0.1, -0.05) is 32.4 Å². The molecule has 0 unspecified atom stereocenters. The topological polar surface area (TPSA) is 99.3 Å². The Morgan fingerprint density at radius 2 is 1.79 bits per heavy atom. The second kappa shape index (κ2) is 9.11. The highest BCUT2D eigenvalue weighted by Gasteiger charge is 2.26. The summed E-state index contributed by atoms with van der Waals surface area (Å²) in [6, 6.07) is 4.32. The van der Waals surface area contributed by atoms with Gasteiger partial charge >= 0.3 is 0 Å². The molecule has 0 saturated heterocycles. The summed E-state index contributed by atoms with van der Waals surface area (Å²) in [5.41, 5.74) is 2.36. The normalized spacial score (nSPS) is 11.7. The van der Waals surface area contributed by atoms with Crippen LogP contribution >= 0.6 is 11.6 Å². The van der Waals surface area contributed by atoms with E-state index in [2.05, 4.69) is 10.3 Å². The Morgan fingerprint density at radius 1 is 1.17 bits per heavy atom. The van der Waals surface area contributed by atoms with Crippen molar-refractivity contribution in [1.29, 1.82) is 0 Å². The number of sulfonamides is 1. The van der Waals surface area contributed by atoms with Crippen molar-refractivity contribution in [2.24, 2.45) is 0 Å². The summed E-state index contributed by atoms with van der Waals surface area (Å²) in [5, 5.41) is 2.79. The zero-order chi connectivity index (χ0) is 21.9. The minimum absolute atomic E-state index is 0.0662. The molecule has 0 aliphatic rings. The van der Waals surface area contributed by atoms with E-state index >= 15 is 0 Å². The number of aryl methyl sites for hydroxylation is 1. The van der Waals surface area contributed by atoms with E-state index in [0.29, 0.717) is 47.7 Å². The van der Waals surface area contributed by atoms with Crippen LogP contribution in [0.15, 0.2) is 23.1 Å². The molecule has 0 saturated carbocycles. The summed E-state index contributed by atoms with van der Waals surface area (Å²) in [6.07, 6.45) is 0.504. The molecular formula is C20H26ClN3O4S. The van der Waals surface area contributed by atoms with Crippen molar-refractivity contribution in [3.63, 3.8) is 0 Å². The Morgan fingerprint density at radius 3 is 2.31 bits per heavy atom. The van der Waals surface area contributed by atoms with E-state index in [-0.39, 0.29) is 15.7 Å². The number of amides is 1. The number of aromatic nitrogens is 1. The second-order valence-electron chi connectivity index (χ2n) is 6.58. The first-order valence-corrected chi connectivity index (χ1v) is 11.2. The van der Waals surface area contributed by atoms with Gasteiger partial charge in [0.1, 0.15) is 10.6 Å². The molecule has 29 heavy (non-hydrogen) atoms. The van der Waals surface area contributed by atoms with Crippen LogP contribution in [0.4, 0.5) is 5.69 Å². The number of nitrogens with zero attached hydrogens (tertiary/aromatic N) is 1. The summed E-state index contributed by atoms with van der Waals surface area (Å²) in [4.78, 5) is 27.6. The molecule has 1 aromatic carbocycles. The van der Waals surface area contributed by atoms with Crippen LogP contribution in [0.3, 0.4) is 0 Å². The molecule has 9 heteroatoms. The number of hydrogen-bond acceptors (Lipinski definition) is 4. The average Bonchev–Trinajstić information content (AvgIpc) is 3.00. The lowest BCUT2D eigenvalue weighted by Gasteiger charge is -2.19. The predicted octanol–water partition coefficient (Wildman–Crippen LogP) is 4.02. The third-order valence-electron chi connectivity index (χ3n) is 4.74. The summed E-state index contributed by atoms with van der Waals surface area (Å²) >= 11 is 6.14. The molecule has 158 valence electrons. The number of halogens is 1. The average molecular weight is 440 g/mol. The van der Waals surface area contributed by atoms with E-state index in [1.165, 1.54) is 29.4 Å². The van der Waals surface area contributed by atoms with Crippen molar-refractivity contribution in [2.75, 3.05) is 18.4 Å². The van der Waals surface area contributed by atoms with E-state index in [4.69, 9.17) is 11.6 Å². The second-order valence-corrected chi connectivity index (χ2v) is 8.89. The number of hydrogen-bond donors (Lipinski definition) is 2. The zero-order valence-corrected chi connectivity index (χ0v) is 18.8. The first kappa shape index (κ1) is 23.1. The third-order valence-corrected chi connectivity index (χ3v) is 7.27. The van der Waals surface area contributed by atoms with Crippen LogP contribution in [0.1, 0.15) is 59.8 Å². The molecule has 0 bridgehead atoms. The SMILES string of the molecule is CCc1c(C(=O)Nc2ccc(Cl)c(S(=O)(=O)N(CC)CC)c2)[nH]c(C)c1C(C)=O. The van der Waals surface area contributed by atoms with Crippen molar-refractivity contribution < 1.29 is 18.0 Å². The van der Waals surface area contributed by atoms with E-state index < -0.39 is 15.9 Å². The molecule has 2 rings (SSSR count). The number of nitrogens with one attached hydrogen (secondary N) is 2. The molecular weight excluding hydrogens is 414 g/mol. The Bertz CT molecular complexity index is 1040. The molecule has 1 amide bonds. The van der Waals surface area contributed by atoms with Crippen molar-refractivity contribution in [2.45, 2.75) is 45.9 Å². The lowest BCUT2D eigenvalue weighted by molar-refractivity contribution is 0.101. The molecule has 1 heterocycles. The van der Waals surface area contributed by atoms with E-state index in [1.807, 2.05) is 6.92 Å². The fourth-order valence-corrected chi connectivity index (χ4v) is 5.33. The van der Waals surface area contributed by atoms with Crippen LogP contribution in [0, 0.1) is 6.92 Å². The smallest absolute Gasteiger partial charge is 0.272 e. The maximum Gasteiger partial charge on any atom is 0.272 e. The van der Waals surface area contributed by atoms with Gasteiger partial charge in [-0.05, 0) is 44.0 Å². The quantitative estimate of drug-likeness (QED) is 0.606. The first-order valence-electron chi connectivity index (χ1n) is 9.41. The third kappa shape index (κ3) is 4.55. The van der Waals surface area contributed by atoms with Gasteiger partial charge in [0.2, 0.25) is 10.0 Å². The Hall–Kier alpha value is -2.16. The maximum absolute atomic E-state index is 12.8. The van der Waals surface area contributed by atoms with Crippen molar-refractivity contribution in [3.8, 4) is 0 Å². The van der Waals surface area contributed by atoms with Crippen molar-refractivity contribution >= 4 is 39.0 Å². The number of carbonyl (C=O) groups excluding carboxylic acids is 2. The molecule has 0 aliphatic heterocycles. The summed E-state index contributed by atoms with van der Waals surface area (Å²) in [5.74, 6) is -0.570. The number of benzene rings is 1. The number of H-pyrrole nitrogens is 1. The van der Waals surface area contributed by atoms with E-state index in [9.17, 15) is 18.0 Å². The highest BCUT2D eigenvalue weighted by Crippen LogP contribution is 2.28. The number of Topliss-reactive ketones (excluding diaryl/α,β-unsaturated/α-hetero) is 1. The summed E-state index contributed by atoms with van der Waals surface area (Å²) in [7, 11) is -3.78. The molecule has 0 fully saturated rings. The predicted molar refractivity (Wildman–Crippen MR) is 114 cm³/mol. The van der Waals surface area contributed by atoms with Gasteiger partial charge in [0.25, 0.3) is 5.91 Å². The first-order chi connectivity index (χ1) is 13.6. The standard InChI is InChI=1S/C20H26ClN3O4S/c1-6-15-18(13(5)25)12(4)22-19(15)20(26)23-14-9-10-16(21)17(11-14)29(27,28)24(7-2)8-3/h9-11,22H,6-8H2,1-5H3,(H,23,26). The number of carbonyl (C=O) groups is 2. The highest BCUT2D eigenvalue weighted by molar-refractivity contribution is 7.89. The van der Waals surface area contributed by atoms with Crippen LogP contribution in [-0.4, -0.2) is 42.5 Å². The largest absolute Gasteiger partial charge is 0.354 e. The highest BCUT2D eigenvalue weighted by atomic mass is 35.5. The Balaban J connectivity index is 2.43. The summed E-state index contributed by atoms with van der Waals surface area (Å²) in [6.45, 7) is 9.16. The monoisotopic (exact) mass is 439 g/mol. The van der Waals surface area contributed by atoms with Crippen LogP contribution < -0.4 is 5.32 Å². The van der Waals surface area contributed by atoms with Gasteiger partial charge < -0.3 is 10.3 Å². The molecule has 0 spiro atoms. The van der Waals surface area contributed by atoms with Gasteiger partial charge in [-0.2, -0.15) is 4.31 Å². The van der Waals surface area contributed by atoms with Gasteiger partial charge in [-0.25, -0.2) is 8.42 Å². The number of ketones is 1. The van der Waals surface area contributed by atoms with Gasteiger partial charge in [0, 0.05) is 30.0 Å². The van der Waals surface area contributed by atoms with Gasteiger partial charge in [-0.15, -0.1) is 0 Å². The van der Waals surface area contributed by atoms with E-state index in [1.54, 1.807) is 20.8 Å². The fourth-order valence-electron chi connectivity index (χ4n) is 3.38. The van der Waals surface area contributed by atoms with Crippen LogP contribution in [0.5, 0.6) is 0 Å². The number of anilines is 1. The Labute approximate surface area is 176 Å². The molecule has 0 atom stereocenters. The van der Waals surface area contributed by atoms with Gasteiger partial charge in [0.15, 0.2) is 5.78 Å². The van der Waals surface area contributed by atoms with Crippen LogP contribution in [-0.2, 0) is 16.4 Å². The van der Waals surface area contributed by atoms with Crippen LogP contribution in [0.25, 0.3) is 0 Å². The minimum Gasteiger partial charge on any atom is -0.354 e. The molecule has 7 nitrogen and oxygen atoms in total. The minimum atomic E-state index is -3.78. The number of aromatic amines is 1. The lowest BCUT2D eigenvalue weighted by atomic mass is 10.0. The van der Waals surface area contributed by atoms with E-state index in [0.717, 1.165) is 0 Å². The Kier molecular flexibility index (Phi) is 7.26. The summed E-state index contributed by atoms with van der Waals surface area (Å²) < 4.78 is 27.0. The van der Waals surface area contributed by atoms with Crippen molar-refractivity contribution in [1.82, 2.24) is 9.29 Å². The van der Waals surface area contributed by atoms with Crippen LogP contribution in [0.2, 0.25) is 5.02 Å². The van der Waals surface area contributed by atoms with Crippen molar-refractivity contribution in [3.05, 3.63) is 45.7 Å². The molecule has 2 N–H and O–H groups in total. The lowest BCUT2D eigenvalue weighted by Crippen LogP contribution is -2.30. The fraction of sp³-hybridized carbons (Fsp3) is 0.400. The van der Waals surface area contributed by atoms with Gasteiger partial charge in [0.05, 0.1) is 5.02 Å². The molecule has 0 radical (unpaired) electrons. The zero-order valence-electron chi connectivity index (χ0n) is 17.2. The van der Waals surface area contributed by atoms with Gasteiger partial charge in [-0.3, -0.25) is 9.59 Å². The molecule has 2 aromatic rings.